The molecule has 0 aromatic carbocycles. The molecule has 0 amide bonds. The molecular formula is C12H18O4. The molecule has 1 aliphatic carbocycles. The van der Waals surface area contributed by atoms with E-state index in [2.05, 4.69) is 0 Å². The minimum absolute atomic E-state index is 0.520. The summed E-state index contributed by atoms with van der Waals surface area (Å²) in [6, 6.07) is 0. The van der Waals surface area contributed by atoms with Crippen molar-refractivity contribution >= 4 is 5.97 Å². The normalized spacial score (nSPS) is 18.4. The van der Waals surface area contributed by atoms with Gasteiger partial charge in [-0.05, 0) is 18.6 Å². The van der Waals surface area contributed by atoms with Crippen LogP contribution >= 0.6 is 0 Å². The quantitative estimate of drug-likeness (QED) is 0.781. The molecule has 0 aliphatic heterocycles. The number of carbonyl (C=O) groups is 1. The number of carboxylic acid groups (broad SMARTS) is 1. The molecule has 0 spiro atoms. The molecule has 0 bridgehead atoms. The van der Waals surface area contributed by atoms with Gasteiger partial charge in [-0.2, -0.15) is 0 Å². The van der Waals surface area contributed by atoms with Gasteiger partial charge >= 0.3 is 5.97 Å². The Morgan fingerprint density at radius 1 is 1.38 bits per heavy atom. The third kappa shape index (κ3) is 2.38. The Hall–Kier alpha value is -1.45. The van der Waals surface area contributed by atoms with Gasteiger partial charge in [0.25, 0.3) is 0 Å². The summed E-state index contributed by atoms with van der Waals surface area (Å²) in [7, 11) is 3.09. The van der Waals surface area contributed by atoms with Crippen molar-refractivity contribution in [3.8, 4) is 0 Å². The molecule has 0 unspecified atom stereocenters. The Balaban J connectivity index is 3.12. The highest BCUT2D eigenvalue weighted by atomic mass is 16.5. The van der Waals surface area contributed by atoms with Crippen molar-refractivity contribution in [2.45, 2.75) is 26.2 Å². The Morgan fingerprint density at radius 3 is 2.19 bits per heavy atom. The Morgan fingerprint density at radius 2 is 1.88 bits per heavy atom. The van der Waals surface area contributed by atoms with Crippen molar-refractivity contribution < 1.29 is 19.4 Å². The first-order valence-electron chi connectivity index (χ1n) is 5.32. The van der Waals surface area contributed by atoms with E-state index in [-0.39, 0.29) is 0 Å². The highest BCUT2D eigenvalue weighted by Gasteiger charge is 2.37. The lowest BCUT2D eigenvalue weighted by Gasteiger charge is -2.28. The molecule has 0 aromatic heterocycles. The van der Waals surface area contributed by atoms with E-state index in [1.165, 1.54) is 0 Å². The molecule has 4 nitrogen and oxygen atoms in total. The number of hydrogen-bond acceptors (Lipinski definition) is 3. The molecule has 16 heavy (non-hydrogen) atoms. The van der Waals surface area contributed by atoms with Gasteiger partial charge in [0.1, 0.15) is 16.9 Å². The largest absolute Gasteiger partial charge is 0.501 e. The summed E-state index contributed by atoms with van der Waals surface area (Å²) in [5.41, 5.74) is -0.982. The van der Waals surface area contributed by atoms with E-state index in [0.717, 1.165) is 6.42 Å². The first-order chi connectivity index (χ1) is 7.57. The summed E-state index contributed by atoms with van der Waals surface area (Å²) in [5.74, 6) is 0.434. The van der Waals surface area contributed by atoms with Crippen LogP contribution in [-0.2, 0) is 14.3 Å². The van der Waals surface area contributed by atoms with Gasteiger partial charge in [-0.1, -0.05) is 13.3 Å². The molecule has 4 heteroatoms. The lowest BCUT2D eigenvalue weighted by Crippen LogP contribution is -2.30. The molecule has 0 saturated heterocycles. The number of carboxylic acids is 1. The van der Waals surface area contributed by atoms with Crippen LogP contribution in [-0.4, -0.2) is 25.3 Å². The predicted octanol–water partition coefficient (Wildman–Crippen LogP) is 2.32. The van der Waals surface area contributed by atoms with Crippen molar-refractivity contribution in [2.75, 3.05) is 14.2 Å². The Kier molecular flexibility index (Phi) is 3.99. The number of ether oxygens (including phenoxy) is 2. The van der Waals surface area contributed by atoms with Crippen LogP contribution in [0.5, 0.6) is 0 Å². The number of aliphatic carboxylic acids is 1. The molecule has 0 radical (unpaired) electrons. The predicted molar refractivity (Wildman–Crippen MR) is 59.8 cm³/mol. The maximum atomic E-state index is 11.4. The van der Waals surface area contributed by atoms with Crippen LogP contribution in [0.4, 0.5) is 0 Å². The van der Waals surface area contributed by atoms with Crippen LogP contribution in [0, 0.1) is 5.41 Å². The number of rotatable bonds is 5. The van der Waals surface area contributed by atoms with Gasteiger partial charge in [-0.25, -0.2) is 0 Å². The van der Waals surface area contributed by atoms with Crippen molar-refractivity contribution in [3.63, 3.8) is 0 Å². The molecule has 1 rings (SSSR count). The second kappa shape index (κ2) is 5.05. The van der Waals surface area contributed by atoms with Crippen molar-refractivity contribution in [3.05, 3.63) is 23.7 Å². The van der Waals surface area contributed by atoms with Gasteiger partial charge in [-0.3, -0.25) is 4.79 Å². The zero-order valence-electron chi connectivity index (χ0n) is 9.95. The summed E-state index contributed by atoms with van der Waals surface area (Å²) in [6.07, 6.45) is 5.21. The zero-order chi connectivity index (χ0) is 12.2. The zero-order valence-corrected chi connectivity index (χ0v) is 9.95. The lowest BCUT2D eigenvalue weighted by molar-refractivity contribution is -0.144. The molecule has 0 aromatic rings. The SMILES string of the molecule is CCCC1(C(=O)O)C=C(OC)CC(OC)=C1. The molecule has 1 aliphatic rings. The average Bonchev–Trinajstić information content (AvgIpc) is 2.28. The lowest BCUT2D eigenvalue weighted by atomic mass is 9.79. The van der Waals surface area contributed by atoms with Crippen LogP contribution in [0.1, 0.15) is 26.2 Å². The van der Waals surface area contributed by atoms with Gasteiger partial charge in [0, 0.05) is 0 Å². The van der Waals surface area contributed by atoms with E-state index in [0.29, 0.717) is 24.4 Å². The van der Waals surface area contributed by atoms with Crippen LogP contribution < -0.4 is 0 Å². The molecule has 0 fully saturated rings. The second-order valence-corrected chi connectivity index (χ2v) is 3.90. The number of methoxy groups -OCH3 is 2. The van der Waals surface area contributed by atoms with Crippen LogP contribution in [0.15, 0.2) is 23.7 Å². The van der Waals surface area contributed by atoms with Gasteiger partial charge in [0.05, 0.1) is 20.6 Å². The van der Waals surface area contributed by atoms with E-state index in [1.54, 1.807) is 26.4 Å². The van der Waals surface area contributed by atoms with E-state index in [4.69, 9.17) is 9.47 Å². The smallest absolute Gasteiger partial charge is 0.317 e. The molecular weight excluding hydrogens is 208 g/mol. The van der Waals surface area contributed by atoms with Gasteiger partial charge in [0.2, 0.25) is 0 Å². The minimum Gasteiger partial charge on any atom is -0.501 e. The Labute approximate surface area is 95.6 Å². The molecule has 90 valence electrons. The van der Waals surface area contributed by atoms with Crippen LogP contribution in [0.2, 0.25) is 0 Å². The first-order valence-corrected chi connectivity index (χ1v) is 5.32. The van der Waals surface area contributed by atoms with Crippen molar-refractivity contribution in [1.82, 2.24) is 0 Å². The first kappa shape index (κ1) is 12.6. The van der Waals surface area contributed by atoms with Crippen molar-refractivity contribution in [2.24, 2.45) is 5.41 Å². The number of hydrogen-bond donors (Lipinski definition) is 1. The average molecular weight is 226 g/mol. The topological polar surface area (TPSA) is 55.8 Å². The highest BCUT2D eigenvalue weighted by molar-refractivity contribution is 5.80. The second-order valence-electron chi connectivity index (χ2n) is 3.90. The minimum atomic E-state index is -0.982. The van der Waals surface area contributed by atoms with E-state index < -0.39 is 11.4 Å². The van der Waals surface area contributed by atoms with Crippen LogP contribution in [0.25, 0.3) is 0 Å². The van der Waals surface area contributed by atoms with Gasteiger partial charge in [0.15, 0.2) is 0 Å². The standard InChI is InChI=1S/C12H18O4/c1-4-5-12(11(13)14)7-9(15-2)6-10(8-12)16-3/h7-8H,4-6H2,1-3H3,(H,13,14). The van der Waals surface area contributed by atoms with E-state index >= 15 is 0 Å². The van der Waals surface area contributed by atoms with Gasteiger partial charge in [-0.15, -0.1) is 0 Å². The highest BCUT2D eigenvalue weighted by Crippen LogP contribution is 2.37. The third-order valence-electron chi connectivity index (χ3n) is 2.77. The summed E-state index contributed by atoms with van der Waals surface area (Å²) >= 11 is 0. The van der Waals surface area contributed by atoms with E-state index in [1.807, 2.05) is 6.92 Å². The molecule has 0 heterocycles. The Bertz CT molecular complexity index is 308. The van der Waals surface area contributed by atoms with Gasteiger partial charge < -0.3 is 14.6 Å². The summed E-state index contributed by atoms with van der Waals surface area (Å²) in [4.78, 5) is 11.4. The fourth-order valence-electron chi connectivity index (χ4n) is 1.94. The maximum Gasteiger partial charge on any atom is 0.317 e. The fraction of sp³-hybridized carbons (Fsp3) is 0.583. The molecule has 0 saturated carbocycles. The maximum absolute atomic E-state index is 11.4. The monoisotopic (exact) mass is 226 g/mol. The van der Waals surface area contributed by atoms with E-state index in [9.17, 15) is 9.90 Å². The van der Waals surface area contributed by atoms with Crippen LogP contribution in [0.3, 0.4) is 0 Å². The molecule has 0 atom stereocenters. The van der Waals surface area contributed by atoms with Crippen molar-refractivity contribution in [1.29, 1.82) is 0 Å². The third-order valence-corrected chi connectivity index (χ3v) is 2.77. The summed E-state index contributed by atoms with van der Waals surface area (Å²) in [6.45, 7) is 1.96. The fourth-order valence-corrected chi connectivity index (χ4v) is 1.94. The summed E-state index contributed by atoms with van der Waals surface area (Å²) in [5, 5.41) is 9.35. The summed E-state index contributed by atoms with van der Waals surface area (Å²) < 4.78 is 10.3. The molecule has 1 N–H and O–H groups in total.